The van der Waals surface area contributed by atoms with Gasteiger partial charge in [0.25, 0.3) is 0 Å². The summed E-state index contributed by atoms with van der Waals surface area (Å²) < 4.78 is 36.8. The topological polar surface area (TPSA) is 15.3 Å². The van der Waals surface area contributed by atoms with Crippen LogP contribution in [0.2, 0.25) is 0 Å². The van der Waals surface area contributed by atoms with E-state index in [1.54, 1.807) is 0 Å². The standard InChI is InChI=1S/C10H19F3N2/c1-7-8(2)15(6-10(11,12)13)5-4-9(7)14-3/h7-9,14H,4-6H2,1-3H3. The van der Waals surface area contributed by atoms with Crippen molar-refractivity contribution in [3.8, 4) is 0 Å². The summed E-state index contributed by atoms with van der Waals surface area (Å²) in [5, 5.41) is 3.16. The number of alkyl halides is 3. The Morgan fingerprint density at radius 3 is 2.40 bits per heavy atom. The predicted molar refractivity (Wildman–Crippen MR) is 53.7 cm³/mol. The first-order chi connectivity index (χ1) is 6.85. The molecule has 0 aromatic carbocycles. The summed E-state index contributed by atoms with van der Waals surface area (Å²) in [5.74, 6) is 0.256. The van der Waals surface area contributed by atoms with Gasteiger partial charge < -0.3 is 5.32 Å². The zero-order chi connectivity index (χ0) is 11.6. The van der Waals surface area contributed by atoms with Crippen molar-refractivity contribution in [1.82, 2.24) is 10.2 Å². The zero-order valence-corrected chi connectivity index (χ0v) is 9.43. The highest BCUT2D eigenvalue weighted by atomic mass is 19.4. The third kappa shape index (κ3) is 3.34. The van der Waals surface area contributed by atoms with Crippen LogP contribution in [0, 0.1) is 5.92 Å². The van der Waals surface area contributed by atoms with Gasteiger partial charge >= 0.3 is 6.18 Å². The highest BCUT2D eigenvalue weighted by Crippen LogP contribution is 2.27. The van der Waals surface area contributed by atoms with Gasteiger partial charge in [-0.2, -0.15) is 13.2 Å². The van der Waals surface area contributed by atoms with Crippen LogP contribution in [0.25, 0.3) is 0 Å². The second kappa shape index (κ2) is 4.70. The third-order valence-corrected chi connectivity index (χ3v) is 3.45. The number of piperidine rings is 1. The highest BCUT2D eigenvalue weighted by molar-refractivity contribution is 4.88. The van der Waals surface area contributed by atoms with Crippen molar-refractivity contribution in [2.75, 3.05) is 20.1 Å². The average Bonchev–Trinajstić information content (AvgIpc) is 2.11. The molecule has 1 rings (SSSR count). The van der Waals surface area contributed by atoms with Gasteiger partial charge in [-0.3, -0.25) is 4.90 Å². The monoisotopic (exact) mass is 224 g/mol. The number of likely N-dealkylation sites (tertiary alicyclic amines) is 1. The van der Waals surface area contributed by atoms with Crippen molar-refractivity contribution < 1.29 is 13.2 Å². The van der Waals surface area contributed by atoms with E-state index in [0.717, 1.165) is 6.42 Å². The molecule has 0 saturated carbocycles. The molecule has 1 aliphatic heterocycles. The normalized spacial score (nSPS) is 34.4. The van der Waals surface area contributed by atoms with Crippen LogP contribution in [0.3, 0.4) is 0 Å². The number of nitrogens with one attached hydrogen (secondary N) is 1. The maximum absolute atomic E-state index is 12.3. The molecule has 3 unspecified atom stereocenters. The van der Waals surface area contributed by atoms with Gasteiger partial charge in [-0.05, 0) is 26.3 Å². The Balaban J connectivity index is 2.56. The van der Waals surface area contributed by atoms with E-state index in [9.17, 15) is 13.2 Å². The molecule has 3 atom stereocenters. The van der Waals surface area contributed by atoms with Crippen LogP contribution in [0.1, 0.15) is 20.3 Å². The van der Waals surface area contributed by atoms with E-state index in [-0.39, 0.29) is 12.0 Å². The summed E-state index contributed by atoms with van der Waals surface area (Å²) in [6.07, 6.45) is -3.29. The summed E-state index contributed by atoms with van der Waals surface area (Å²) in [6.45, 7) is 3.62. The van der Waals surface area contributed by atoms with Crippen molar-refractivity contribution in [2.45, 2.75) is 38.5 Å². The van der Waals surface area contributed by atoms with Gasteiger partial charge in [-0.1, -0.05) is 6.92 Å². The third-order valence-electron chi connectivity index (χ3n) is 3.45. The Labute approximate surface area is 88.8 Å². The van der Waals surface area contributed by atoms with E-state index in [0.29, 0.717) is 12.6 Å². The lowest BCUT2D eigenvalue weighted by Crippen LogP contribution is -2.54. The quantitative estimate of drug-likeness (QED) is 0.770. The fourth-order valence-electron chi connectivity index (χ4n) is 2.30. The molecule has 15 heavy (non-hydrogen) atoms. The van der Waals surface area contributed by atoms with Gasteiger partial charge in [0.15, 0.2) is 0 Å². The number of rotatable bonds is 2. The predicted octanol–water partition coefficient (Wildman–Crippen LogP) is 1.87. The van der Waals surface area contributed by atoms with Gasteiger partial charge in [0.2, 0.25) is 0 Å². The fraction of sp³-hybridized carbons (Fsp3) is 1.00. The molecule has 0 aromatic heterocycles. The first-order valence-electron chi connectivity index (χ1n) is 5.33. The number of halogens is 3. The molecule has 1 heterocycles. The Bertz CT molecular complexity index is 205. The molecule has 0 aliphatic carbocycles. The van der Waals surface area contributed by atoms with Crippen molar-refractivity contribution in [3.05, 3.63) is 0 Å². The number of hydrogen-bond acceptors (Lipinski definition) is 2. The Morgan fingerprint density at radius 1 is 1.33 bits per heavy atom. The lowest BCUT2D eigenvalue weighted by atomic mass is 9.87. The van der Waals surface area contributed by atoms with E-state index in [1.165, 1.54) is 4.90 Å². The summed E-state index contributed by atoms with van der Waals surface area (Å²) in [5.41, 5.74) is 0. The van der Waals surface area contributed by atoms with E-state index in [4.69, 9.17) is 0 Å². The van der Waals surface area contributed by atoms with E-state index < -0.39 is 12.7 Å². The molecule has 1 N–H and O–H groups in total. The largest absolute Gasteiger partial charge is 0.401 e. The first kappa shape index (κ1) is 12.8. The van der Waals surface area contributed by atoms with Crippen molar-refractivity contribution in [1.29, 1.82) is 0 Å². The number of nitrogens with zero attached hydrogens (tertiary/aromatic N) is 1. The maximum Gasteiger partial charge on any atom is 0.401 e. The van der Waals surface area contributed by atoms with Gasteiger partial charge in [0, 0.05) is 18.6 Å². The molecule has 0 aromatic rings. The van der Waals surface area contributed by atoms with Gasteiger partial charge in [0.1, 0.15) is 0 Å². The molecule has 1 fully saturated rings. The second-order valence-corrected chi connectivity index (χ2v) is 4.37. The first-order valence-corrected chi connectivity index (χ1v) is 5.33. The lowest BCUT2D eigenvalue weighted by molar-refractivity contribution is -0.156. The van der Waals surface area contributed by atoms with Gasteiger partial charge in [0.05, 0.1) is 6.54 Å². The average molecular weight is 224 g/mol. The van der Waals surface area contributed by atoms with Crippen LogP contribution in [0.4, 0.5) is 13.2 Å². The molecule has 5 heteroatoms. The van der Waals surface area contributed by atoms with Crippen molar-refractivity contribution in [3.63, 3.8) is 0 Å². The summed E-state index contributed by atoms with van der Waals surface area (Å²) in [6, 6.07) is 0.322. The Kier molecular flexibility index (Phi) is 4.00. The van der Waals surface area contributed by atoms with Crippen LogP contribution in [-0.2, 0) is 0 Å². The molecular weight excluding hydrogens is 205 g/mol. The molecule has 0 radical (unpaired) electrons. The molecular formula is C10H19F3N2. The van der Waals surface area contributed by atoms with E-state index in [2.05, 4.69) is 5.32 Å². The molecule has 1 aliphatic rings. The van der Waals surface area contributed by atoms with Crippen molar-refractivity contribution in [2.24, 2.45) is 5.92 Å². The summed E-state index contributed by atoms with van der Waals surface area (Å²) in [4.78, 5) is 1.53. The lowest BCUT2D eigenvalue weighted by Gasteiger charge is -2.42. The molecule has 2 nitrogen and oxygen atoms in total. The van der Waals surface area contributed by atoms with Crippen LogP contribution in [0.15, 0.2) is 0 Å². The molecule has 1 saturated heterocycles. The minimum Gasteiger partial charge on any atom is -0.317 e. The summed E-state index contributed by atoms with van der Waals surface area (Å²) >= 11 is 0. The van der Waals surface area contributed by atoms with Crippen LogP contribution in [0.5, 0.6) is 0 Å². The van der Waals surface area contributed by atoms with E-state index >= 15 is 0 Å². The number of hydrogen-bond donors (Lipinski definition) is 1. The zero-order valence-electron chi connectivity index (χ0n) is 9.43. The van der Waals surface area contributed by atoms with Crippen LogP contribution < -0.4 is 5.32 Å². The molecule has 90 valence electrons. The fourth-order valence-corrected chi connectivity index (χ4v) is 2.30. The minimum absolute atomic E-state index is 0.0159. The Morgan fingerprint density at radius 2 is 1.93 bits per heavy atom. The van der Waals surface area contributed by atoms with Crippen molar-refractivity contribution >= 4 is 0 Å². The molecule has 0 bridgehead atoms. The van der Waals surface area contributed by atoms with Crippen LogP contribution >= 0.6 is 0 Å². The van der Waals surface area contributed by atoms with E-state index in [1.807, 2.05) is 20.9 Å². The smallest absolute Gasteiger partial charge is 0.317 e. The summed E-state index contributed by atoms with van der Waals surface area (Å²) in [7, 11) is 1.87. The van der Waals surface area contributed by atoms with Crippen LogP contribution in [-0.4, -0.2) is 43.3 Å². The van der Waals surface area contributed by atoms with Gasteiger partial charge in [-0.15, -0.1) is 0 Å². The molecule has 0 amide bonds. The second-order valence-electron chi connectivity index (χ2n) is 4.37. The van der Waals surface area contributed by atoms with Gasteiger partial charge in [-0.25, -0.2) is 0 Å². The SMILES string of the molecule is CNC1CCN(CC(F)(F)F)C(C)C1C. The highest BCUT2D eigenvalue weighted by Gasteiger charge is 2.38. The minimum atomic E-state index is -4.08. The molecule has 0 spiro atoms. The maximum atomic E-state index is 12.3. The Hall–Kier alpha value is -0.290.